The molecule has 0 saturated carbocycles. The van der Waals surface area contributed by atoms with Crippen molar-refractivity contribution in [3.63, 3.8) is 0 Å². The van der Waals surface area contributed by atoms with Crippen LogP contribution in [0.5, 0.6) is 5.75 Å². The van der Waals surface area contributed by atoms with Gasteiger partial charge in [0.1, 0.15) is 12.4 Å². The van der Waals surface area contributed by atoms with Gasteiger partial charge in [-0.25, -0.2) is 0 Å². The van der Waals surface area contributed by atoms with Gasteiger partial charge in [0, 0.05) is 13.2 Å². The van der Waals surface area contributed by atoms with Crippen LogP contribution in [0.25, 0.3) is 0 Å². The number of carbonyl (C=O) groups excluding carboxylic acids is 1. The van der Waals surface area contributed by atoms with E-state index in [1.54, 1.807) is 7.11 Å². The zero-order valence-corrected chi connectivity index (χ0v) is 13.7. The highest BCUT2D eigenvalue weighted by Crippen LogP contribution is 2.24. The number of rotatable bonds is 8. The molecular weight excluding hydrogens is 314 g/mol. The van der Waals surface area contributed by atoms with Gasteiger partial charge < -0.3 is 24.6 Å². The lowest BCUT2D eigenvalue weighted by Crippen LogP contribution is -2.54. The lowest BCUT2D eigenvalue weighted by molar-refractivity contribution is -0.141. The lowest BCUT2D eigenvalue weighted by atomic mass is 9.86. The fourth-order valence-electron chi connectivity index (χ4n) is 2.75. The Balaban J connectivity index is 1.83. The van der Waals surface area contributed by atoms with Gasteiger partial charge >= 0.3 is 5.97 Å². The summed E-state index contributed by atoms with van der Waals surface area (Å²) in [6.07, 6.45) is 0.861. The van der Waals surface area contributed by atoms with Gasteiger partial charge in [-0.15, -0.1) is 0 Å². The zero-order valence-electron chi connectivity index (χ0n) is 13.7. The molecule has 1 fully saturated rings. The number of hydrogen-bond donors (Lipinski definition) is 2. The summed E-state index contributed by atoms with van der Waals surface area (Å²) in [7, 11) is 1.59. The van der Waals surface area contributed by atoms with Gasteiger partial charge in [0.25, 0.3) is 0 Å². The standard InChI is InChI=1S/C17H23NO6/c1-22-14-4-2-3-13(9-14)11-24-12-15(19)18-17(10-16(20)21)5-7-23-8-6-17/h2-4,9H,5-8,10-12H2,1H3,(H,18,19)(H,20,21). The van der Waals surface area contributed by atoms with Gasteiger partial charge in [0.15, 0.2) is 0 Å². The van der Waals surface area contributed by atoms with Crippen molar-refractivity contribution in [2.24, 2.45) is 0 Å². The minimum Gasteiger partial charge on any atom is -0.497 e. The molecule has 1 aliphatic rings. The number of nitrogens with one attached hydrogen (secondary N) is 1. The predicted octanol–water partition coefficient (Wildman–Crippen LogP) is 1.35. The van der Waals surface area contributed by atoms with E-state index in [4.69, 9.17) is 19.3 Å². The maximum absolute atomic E-state index is 12.1. The number of ether oxygens (including phenoxy) is 3. The number of carbonyl (C=O) groups is 2. The van der Waals surface area contributed by atoms with Gasteiger partial charge in [-0.2, -0.15) is 0 Å². The van der Waals surface area contributed by atoms with E-state index in [1.165, 1.54) is 0 Å². The fourth-order valence-corrected chi connectivity index (χ4v) is 2.75. The molecule has 132 valence electrons. The molecule has 0 unspecified atom stereocenters. The highest BCUT2D eigenvalue weighted by Gasteiger charge is 2.36. The minimum atomic E-state index is -0.936. The molecule has 1 aromatic rings. The van der Waals surface area contributed by atoms with Crippen molar-refractivity contribution in [3.8, 4) is 5.75 Å². The molecule has 24 heavy (non-hydrogen) atoms. The SMILES string of the molecule is COc1cccc(COCC(=O)NC2(CC(=O)O)CCOCC2)c1. The Hall–Kier alpha value is -2.12. The Morgan fingerprint density at radius 2 is 2.08 bits per heavy atom. The van der Waals surface area contributed by atoms with E-state index in [1.807, 2.05) is 24.3 Å². The van der Waals surface area contributed by atoms with Crippen molar-refractivity contribution in [3.05, 3.63) is 29.8 Å². The Labute approximate surface area is 140 Å². The minimum absolute atomic E-state index is 0.113. The van der Waals surface area contributed by atoms with Crippen LogP contribution in [0.2, 0.25) is 0 Å². The summed E-state index contributed by atoms with van der Waals surface area (Å²) in [6, 6.07) is 7.39. The molecule has 0 aromatic heterocycles. The Kier molecular flexibility index (Phi) is 6.57. The van der Waals surface area contributed by atoms with E-state index in [0.29, 0.717) is 26.1 Å². The first-order valence-electron chi connectivity index (χ1n) is 7.84. The van der Waals surface area contributed by atoms with E-state index in [2.05, 4.69) is 5.32 Å². The molecular formula is C17H23NO6. The van der Waals surface area contributed by atoms with Gasteiger partial charge in [-0.3, -0.25) is 9.59 Å². The molecule has 0 radical (unpaired) electrons. The topological polar surface area (TPSA) is 94.1 Å². The number of amides is 1. The third-order valence-electron chi connectivity index (χ3n) is 3.98. The molecule has 0 bridgehead atoms. The largest absolute Gasteiger partial charge is 0.497 e. The van der Waals surface area contributed by atoms with Gasteiger partial charge in [0.2, 0.25) is 5.91 Å². The highest BCUT2D eigenvalue weighted by atomic mass is 16.5. The van der Waals surface area contributed by atoms with E-state index < -0.39 is 11.5 Å². The third kappa shape index (κ3) is 5.50. The second kappa shape index (κ2) is 8.65. The van der Waals surface area contributed by atoms with Gasteiger partial charge in [-0.1, -0.05) is 12.1 Å². The normalized spacial score (nSPS) is 16.4. The van der Waals surface area contributed by atoms with Crippen LogP contribution in [0.15, 0.2) is 24.3 Å². The summed E-state index contributed by atoms with van der Waals surface area (Å²) in [5.41, 5.74) is 0.147. The van der Waals surface area contributed by atoms with Crippen molar-refractivity contribution in [2.45, 2.75) is 31.4 Å². The number of aliphatic carboxylic acids is 1. The molecule has 0 aliphatic carbocycles. The molecule has 0 spiro atoms. The molecule has 1 amide bonds. The second-order valence-electron chi connectivity index (χ2n) is 5.86. The van der Waals surface area contributed by atoms with Crippen LogP contribution in [0, 0.1) is 0 Å². The molecule has 1 saturated heterocycles. The van der Waals surface area contributed by atoms with Crippen LogP contribution in [0.4, 0.5) is 0 Å². The van der Waals surface area contributed by atoms with E-state index in [-0.39, 0.29) is 25.5 Å². The zero-order chi connectivity index (χ0) is 17.4. The van der Waals surface area contributed by atoms with Crippen LogP contribution in [0.3, 0.4) is 0 Å². The van der Waals surface area contributed by atoms with Crippen molar-refractivity contribution < 1.29 is 28.9 Å². The Bertz CT molecular complexity index is 568. The summed E-state index contributed by atoms with van der Waals surface area (Å²) >= 11 is 0. The summed E-state index contributed by atoms with van der Waals surface area (Å²) in [5, 5.41) is 11.9. The molecule has 7 nitrogen and oxygen atoms in total. The van der Waals surface area contributed by atoms with Gasteiger partial charge in [-0.05, 0) is 30.5 Å². The van der Waals surface area contributed by atoms with Crippen LogP contribution in [-0.2, 0) is 25.7 Å². The van der Waals surface area contributed by atoms with Gasteiger partial charge in [0.05, 0.1) is 25.7 Å². The third-order valence-corrected chi connectivity index (χ3v) is 3.98. The van der Waals surface area contributed by atoms with E-state index in [0.717, 1.165) is 11.3 Å². The summed E-state index contributed by atoms with van der Waals surface area (Å²) in [6.45, 7) is 1.04. The summed E-state index contributed by atoms with van der Waals surface area (Å²) < 4.78 is 15.8. The maximum Gasteiger partial charge on any atom is 0.305 e. The fraction of sp³-hybridized carbons (Fsp3) is 0.529. The first kappa shape index (κ1) is 18.2. The first-order chi connectivity index (χ1) is 11.5. The number of hydrogen-bond acceptors (Lipinski definition) is 5. The smallest absolute Gasteiger partial charge is 0.305 e. The Morgan fingerprint density at radius 3 is 2.75 bits per heavy atom. The maximum atomic E-state index is 12.1. The van der Waals surface area contributed by atoms with Crippen LogP contribution in [0.1, 0.15) is 24.8 Å². The number of carboxylic acid groups (broad SMARTS) is 1. The predicted molar refractivity (Wildman–Crippen MR) is 85.8 cm³/mol. The Morgan fingerprint density at radius 1 is 1.33 bits per heavy atom. The van der Waals surface area contributed by atoms with E-state index in [9.17, 15) is 9.59 Å². The molecule has 7 heteroatoms. The van der Waals surface area contributed by atoms with Crippen LogP contribution in [-0.4, -0.2) is 49.5 Å². The van der Waals surface area contributed by atoms with Crippen molar-refractivity contribution in [1.29, 1.82) is 0 Å². The highest BCUT2D eigenvalue weighted by molar-refractivity contribution is 5.79. The number of benzene rings is 1. The molecule has 1 aliphatic heterocycles. The molecule has 2 N–H and O–H groups in total. The summed E-state index contributed by atoms with van der Waals surface area (Å²) in [4.78, 5) is 23.2. The van der Waals surface area contributed by atoms with Crippen molar-refractivity contribution in [2.75, 3.05) is 26.9 Å². The number of methoxy groups -OCH3 is 1. The van der Waals surface area contributed by atoms with Crippen LogP contribution >= 0.6 is 0 Å². The van der Waals surface area contributed by atoms with Crippen molar-refractivity contribution >= 4 is 11.9 Å². The average Bonchev–Trinajstić information content (AvgIpc) is 2.55. The lowest BCUT2D eigenvalue weighted by Gasteiger charge is -2.36. The second-order valence-corrected chi connectivity index (χ2v) is 5.86. The molecule has 2 rings (SSSR count). The van der Waals surface area contributed by atoms with Crippen LogP contribution < -0.4 is 10.1 Å². The molecule has 0 atom stereocenters. The van der Waals surface area contributed by atoms with Crippen molar-refractivity contribution in [1.82, 2.24) is 5.32 Å². The summed E-state index contributed by atoms with van der Waals surface area (Å²) in [5.74, 6) is -0.529. The number of carboxylic acids is 1. The monoisotopic (exact) mass is 337 g/mol. The quantitative estimate of drug-likeness (QED) is 0.744. The first-order valence-corrected chi connectivity index (χ1v) is 7.84. The van der Waals surface area contributed by atoms with E-state index >= 15 is 0 Å². The average molecular weight is 337 g/mol. The molecule has 1 aromatic carbocycles. The molecule has 1 heterocycles.